The van der Waals surface area contributed by atoms with Gasteiger partial charge in [-0.2, -0.15) is 0 Å². The summed E-state index contributed by atoms with van der Waals surface area (Å²) in [5.41, 5.74) is 2.87. The molecule has 0 unspecified atom stereocenters. The highest BCUT2D eigenvalue weighted by Gasteiger charge is 2.32. The van der Waals surface area contributed by atoms with Crippen molar-refractivity contribution >= 4 is 16.7 Å². The quantitative estimate of drug-likeness (QED) is 0.729. The molecule has 1 saturated heterocycles. The number of para-hydroxylation sites is 1. The first-order valence-corrected chi connectivity index (χ1v) is 8.94. The average molecular weight is 349 g/mol. The Bertz CT molecular complexity index is 1010. The number of aryl methyl sites for hydroxylation is 1. The van der Waals surface area contributed by atoms with Crippen LogP contribution in [0.2, 0.25) is 0 Å². The summed E-state index contributed by atoms with van der Waals surface area (Å²) in [5.74, 6) is 1.37. The molecule has 0 aliphatic carbocycles. The third-order valence-electron chi connectivity index (χ3n) is 5.21. The monoisotopic (exact) mass is 349 g/mol. The summed E-state index contributed by atoms with van der Waals surface area (Å²) in [4.78, 5) is 19.0. The van der Waals surface area contributed by atoms with Crippen LogP contribution in [0.1, 0.15) is 12.6 Å². The molecular weight excluding hydrogens is 326 g/mol. The zero-order valence-electron chi connectivity index (χ0n) is 15.3. The van der Waals surface area contributed by atoms with Gasteiger partial charge in [-0.25, -0.2) is 4.98 Å². The van der Waals surface area contributed by atoms with Crippen LogP contribution >= 0.6 is 0 Å². The van der Waals surface area contributed by atoms with Crippen LogP contribution < -0.4 is 10.3 Å². The topological polar surface area (TPSA) is 47.4 Å². The number of anilines is 1. The van der Waals surface area contributed by atoms with Gasteiger partial charge in [0.2, 0.25) is 0 Å². The van der Waals surface area contributed by atoms with E-state index in [4.69, 9.17) is 9.72 Å². The van der Waals surface area contributed by atoms with Crippen molar-refractivity contribution < 1.29 is 4.74 Å². The van der Waals surface area contributed by atoms with Gasteiger partial charge in [-0.3, -0.25) is 4.79 Å². The average Bonchev–Trinajstić information content (AvgIpc) is 3.01. The minimum Gasteiger partial charge on any atom is -0.379 e. The highest BCUT2D eigenvalue weighted by atomic mass is 16.5. The van der Waals surface area contributed by atoms with Crippen molar-refractivity contribution in [1.82, 2.24) is 9.55 Å². The SMILES string of the molecule is CO[C@@H]1CN(c2nc3ccccc3cc2-n2ccc(=O)cc2C)C[C@@H]1C. The van der Waals surface area contributed by atoms with E-state index in [1.54, 1.807) is 19.2 Å². The number of rotatable bonds is 3. The highest BCUT2D eigenvalue weighted by molar-refractivity contribution is 5.84. The molecule has 5 heteroatoms. The number of ether oxygens (including phenoxy) is 1. The standard InChI is InChI=1S/C21H23N3O2/c1-14-12-23(13-20(14)26-3)21-19(24-9-8-17(25)10-15(24)2)11-16-6-4-5-7-18(16)22-21/h4-11,14,20H,12-13H2,1-3H3/t14-,20+/m0/s1. The van der Waals surface area contributed by atoms with Gasteiger partial charge < -0.3 is 14.2 Å². The number of benzene rings is 1. The van der Waals surface area contributed by atoms with Gasteiger partial charge in [0.1, 0.15) is 0 Å². The first kappa shape index (κ1) is 16.8. The Morgan fingerprint density at radius 2 is 1.96 bits per heavy atom. The molecule has 0 N–H and O–H groups in total. The van der Waals surface area contributed by atoms with Gasteiger partial charge in [-0.05, 0) is 19.1 Å². The van der Waals surface area contributed by atoms with E-state index in [0.29, 0.717) is 5.92 Å². The third-order valence-corrected chi connectivity index (χ3v) is 5.21. The van der Waals surface area contributed by atoms with Crippen LogP contribution in [-0.4, -0.2) is 35.9 Å². The number of hydrogen-bond acceptors (Lipinski definition) is 4. The fourth-order valence-corrected chi connectivity index (χ4v) is 3.78. The predicted octanol–water partition coefficient (Wildman–Crippen LogP) is 3.17. The molecule has 0 amide bonds. The Hall–Kier alpha value is -2.66. The van der Waals surface area contributed by atoms with Crippen LogP contribution in [0.5, 0.6) is 0 Å². The smallest absolute Gasteiger partial charge is 0.181 e. The molecule has 0 bridgehead atoms. The summed E-state index contributed by atoms with van der Waals surface area (Å²) >= 11 is 0. The van der Waals surface area contributed by atoms with Gasteiger partial charge >= 0.3 is 0 Å². The molecule has 4 rings (SSSR count). The number of fused-ring (bicyclic) bond motifs is 1. The molecule has 3 aromatic rings. The molecule has 0 saturated carbocycles. The van der Waals surface area contributed by atoms with E-state index in [0.717, 1.165) is 41.2 Å². The molecule has 0 radical (unpaired) electrons. The fourth-order valence-electron chi connectivity index (χ4n) is 3.78. The molecular formula is C21H23N3O2. The summed E-state index contributed by atoms with van der Waals surface area (Å²) in [6.07, 6.45) is 2.03. The Morgan fingerprint density at radius 1 is 1.15 bits per heavy atom. The van der Waals surface area contributed by atoms with E-state index >= 15 is 0 Å². The van der Waals surface area contributed by atoms with Crippen molar-refractivity contribution in [3.05, 3.63) is 64.6 Å². The Kier molecular flexibility index (Phi) is 4.24. The van der Waals surface area contributed by atoms with Gasteiger partial charge in [0.25, 0.3) is 0 Å². The summed E-state index contributed by atoms with van der Waals surface area (Å²) in [6.45, 7) is 5.87. The highest BCUT2D eigenvalue weighted by Crippen LogP contribution is 2.32. The Morgan fingerprint density at radius 3 is 2.69 bits per heavy atom. The lowest BCUT2D eigenvalue weighted by molar-refractivity contribution is 0.0899. The van der Waals surface area contributed by atoms with E-state index in [-0.39, 0.29) is 11.5 Å². The maximum Gasteiger partial charge on any atom is 0.181 e. The summed E-state index contributed by atoms with van der Waals surface area (Å²) in [6, 6.07) is 13.5. The maximum absolute atomic E-state index is 11.7. The molecule has 26 heavy (non-hydrogen) atoms. The first-order valence-electron chi connectivity index (χ1n) is 8.94. The normalized spacial score (nSPS) is 20.0. The second kappa shape index (κ2) is 6.57. The molecule has 1 aromatic carbocycles. The Balaban J connectivity index is 1.91. The van der Waals surface area contributed by atoms with Gasteiger partial charge in [-0.15, -0.1) is 0 Å². The Labute approximate surface area is 152 Å². The number of methoxy groups -OCH3 is 1. The van der Waals surface area contributed by atoms with Crippen LogP contribution in [-0.2, 0) is 4.74 Å². The predicted molar refractivity (Wildman–Crippen MR) is 104 cm³/mol. The van der Waals surface area contributed by atoms with E-state index in [1.807, 2.05) is 35.9 Å². The van der Waals surface area contributed by atoms with Crippen LogP contribution in [0, 0.1) is 12.8 Å². The number of nitrogens with zero attached hydrogens (tertiary/aromatic N) is 3. The number of aromatic nitrogens is 2. The van der Waals surface area contributed by atoms with E-state index in [9.17, 15) is 4.79 Å². The van der Waals surface area contributed by atoms with Gasteiger partial charge in [0, 0.05) is 55.5 Å². The molecule has 2 atom stereocenters. The largest absolute Gasteiger partial charge is 0.379 e. The van der Waals surface area contributed by atoms with Gasteiger partial charge in [-0.1, -0.05) is 25.1 Å². The molecule has 0 spiro atoms. The molecule has 1 aliphatic rings. The minimum atomic E-state index is 0.0169. The van der Waals surface area contributed by atoms with E-state index < -0.39 is 0 Å². The van der Waals surface area contributed by atoms with Gasteiger partial charge in [0.15, 0.2) is 11.2 Å². The van der Waals surface area contributed by atoms with Crippen LogP contribution in [0.3, 0.4) is 0 Å². The van der Waals surface area contributed by atoms with Crippen LogP contribution in [0.25, 0.3) is 16.6 Å². The molecule has 134 valence electrons. The molecule has 1 fully saturated rings. The molecule has 2 aromatic heterocycles. The minimum absolute atomic E-state index is 0.0169. The van der Waals surface area contributed by atoms with E-state index in [1.165, 1.54) is 0 Å². The lowest BCUT2D eigenvalue weighted by Crippen LogP contribution is -2.25. The van der Waals surface area contributed by atoms with E-state index in [2.05, 4.69) is 24.0 Å². The second-order valence-electron chi connectivity index (χ2n) is 7.05. The summed E-state index contributed by atoms with van der Waals surface area (Å²) < 4.78 is 7.67. The van der Waals surface area contributed by atoms with Crippen molar-refractivity contribution in [3.8, 4) is 5.69 Å². The fraction of sp³-hybridized carbons (Fsp3) is 0.333. The summed E-state index contributed by atoms with van der Waals surface area (Å²) in [5, 5.41) is 1.08. The van der Waals surface area contributed by atoms with Crippen molar-refractivity contribution in [1.29, 1.82) is 0 Å². The van der Waals surface area contributed by atoms with Crippen molar-refractivity contribution in [2.24, 2.45) is 5.92 Å². The number of hydrogen-bond donors (Lipinski definition) is 0. The molecule has 3 heterocycles. The van der Waals surface area contributed by atoms with Crippen LogP contribution in [0.4, 0.5) is 5.82 Å². The summed E-state index contributed by atoms with van der Waals surface area (Å²) in [7, 11) is 1.77. The second-order valence-corrected chi connectivity index (χ2v) is 7.05. The molecule has 1 aliphatic heterocycles. The first-order chi connectivity index (χ1) is 12.6. The lowest BCUT2D eigenvalue weighted by atomic mass is 10.1. The maximum atomic E-state index is 11.7. The van der Waals surface area contributed by atoms with Crippen LogP contribution in [0.15, 0.2) is 53.5 Å². The van der Waals surface area contributed by atoms with Crippen molar-refractivity contribution in [3.63, 3.8) is 0 Å². The number of pyridine rings is 2. The zero-order chi connectivity index (χ0) is 18.3. The molecule has 5 nitrogen and oxygen atoms in total. The van der Waals surface area contributed by atoms with Crippen molar-refractivity contribution in [2.75, 3.05) is 25.1 Å². The lowest BCUT2D eigenvalue weighted by Gasteiger charge is -2.23. The third kappa shape index (κ3) is 2.88. The van der Waals surface area contributed by atoms with Gasteiger partial charge in [0.05, 0.1) is 17.3 Å². The zero-order valence-corrected chi connectivity index (χ0v) is 15.3. The van der Waals surface area contributed by atoms with Crippen molar-refractivity contribution in [2.45, 2.75) is 20.0 Å².